The number of rotatable bonds is 5. The maximum absolute atomic E-state index is 11.9. The van der Waals surface area contributed by atoms with E-state index in [4.69, 9.17) is 10.5 Å². The van der Waals surface area contributed by atoms with Crippen molar-refractivity contribution in [3.8, 4) is 0 Å². The van der Waals surface area contributed by atoms with Crippen LogP contribution in [0.25, 0.3) is 0 Å². The Morgan fingerprint density at radius 1 is 1.35 bits per heavy atom. The average Bonchev–Trinajstić information content (AvgIpc) is 2.40. The largest absolute Gasteiger partial charge is 0.465 e. The zero-order chi connectivity index (χ0) is 15.3. The summed E-state index contributed by atoms with van der Waals surface area (Å²) >= 11 is 6.56. The molecular formula is C12H14Br2N2O4. The molecule has 1 rings (SSSR count). The first-order valence-corrected chi connectivity index (χ1v) is 7.12. The zero-order valence-corrected chi connectivity index (χ0v) is 14.1. The molecule has 1 unspecified atom stereocenters. The molecule has 0 aromatic heterocycles. The SMILES string of the molecule is COCC(N)C(=O)Nc1c(Br)cc(Br)cc1C(=O)OC. The Labute approximate surface area is 133 Å². The molecule has 0 heterocycles. The standard InChI is InChI=1S/C12H14Br2N2O4/c1-19-5-9(15)11(17)16-10-7(12(18)20-2)3-6(13)4-8(10)14/h3-4,9H,5,15H2,1-2H3,(H,16,17). The lowest BCUT2D eigenvalue weighted by Crippen LogP contribution is -2.39. The van der Waals surface area contributed by atoms with Crippen molar-refractivity contribution in [3.05, 3.63) is 26.6 Å². The Hall–Kier alpha value is -0.960. The summed E-state index contributed by atoms with van der Waals surface area (Å²) in [6.45, 7) is 0.0769. The highest BCUT2D eigenvalue weighted by Crippen LogP contribution is 2.31. The lowest BCUT2D eigenvalue weighted by Gasteiger charge is -2.15. The van der Waals surface area contributed by atoms with Gasteiger partial charge in [0, 0.05) is 16.1 Å². The van der Waals surface area contributed by atoms with Crippen LogP contribution in [0.3, 0.4) is 0 Å². The lowest BCUT2D eigenvalue weighted by atomic mass is 10.1. The second kappa shape index (κ2) is 7.72. The van der Waals surface area contributed by atoms with Crippen molar-refractivity contribution in [1.82, 2.24) is 0 Å². The van der Waals surface area contributed by atoms with Gasteiger partial charge in [-0.2, -0.15) is 0 Å². The first kappa shape index (κ1) is 17.1. The number of hydrogen-bond donors (Lipinski definition) is 2. The Morgan fingerprint density at radius 3 is 2.55 bits per heavy atom. The van der Waals surface area contributed by atoms with Crippen LogP contribution in [0, 0.1) is 0 Å². The fourth-order valence-corrected chi connectivity index (χ4v) is 2.77. The van der Waals surface area contributed by atoms with Gasteiger partial charge >= 0.3 is 5.97 Å². The van der Waals surface area contributed by atoms with Crippen LogP contribution in [0.4, 0.5) is 5.69 Å². The highest BCUT2D eigenvalue weighted by atomic mass is 79.9. The number of amides is 1. The molecule has 8 heteroatoms. The highest BCUT2D eigenvalue weighted by Gasteiger charge is 2.20. The number of methoxy groups -OCH3 is 2. The number of ether oxygens (including phenoxy) is 2. The van der Waals surface area contributed by atoms with E-state index in [2.05, 4.69) is 41.9 Å². The Morgan fingerprint density at radius 2 is 2.00 bits per heavy atom. The minimum Gasteiger partial charge on any atom is -0.465 e. The van der Waals surface area contributed by atoms with Gasteiger partial charge in [0.2, 0.25) is 5.91 Å². The first-order chi connectivity index (χ1) is 9.40. The highest BCUT2D eigenvalue weighted by molar-refractivity contribution is 9.11. The van der Waals surface area contributed by atoms with Crippen molar-refractivity contribution in [3.63, 3.8) is 0 Å². The molecular weight excluding hydrogens is 396 g/mol. The van der Waals surface area contributed by atoms with E-state index >= 15 is 0 Å². The van der Waals surface area contributed by atoms with E-state index in [0.717, 1.165) is 0 Å². The van der Waals surface area contributed by atoms with Crippen molar-refractivity contribution in [2.75, 3.05) is 26.1 Å². The third-order valence-electron chi connectivity index (χ3n) is 2.39. The maximum Gasteiger partial charge on any atom is 0.340 e. The molecule has 110 valence electrons. The van der Waals surface area contributed by atoms with Crippen LogP contribution in [0.15, 0.2) is 21.1 Å². The van der Waals surface area contributed by atoms with E-state index in [1.54, 1.807) is 12.1 Å². The summed E-state index contributed by atoms with van der Waals surface area (Å²) < 4.78 is 10.7. The van der Waals surface area contributed by atoms with Gasteiger partial charge in [-0.25, -0.2) is 4.79 Å². The van der Waals surface area contributed by atoms with E-state index in [0.29, 0.717) is 14.6 Å². The minimum atomic E-state index is -0.832. The minimum absolute atomic E-state index is 0.0769. The molecule has 1 aromatic rings. The quantitative estimate of drug-likeness (QED) is 0.725. The van der Waals surface area contributed by atoms with Gasteiger partial charge in [0.1, 0.15) is 6.04 Å². The third-order valence-corrected chi connectivity index (χ3v) is 3.47. The molecule has 0 fully saturated rings. The van der Waals surface area contributed by atoms with Gasteiger partial charge in [0.15, 0.2) is 0 Å². The van der Waals surface area contributed by atoms with Gasteiger partial charge in [0.05, 0.1) is 25.0 Å². The second-order valence-corrected chi connectivity index (χ2v) is 5.62. The number of anilines is 1. The van der Waals surface area contributed by atoms with Gasteiger partial charge in [-0.05, 0) is 28.1 Å². The Kier molecular flexibility index (Phi) is 6.60. The van der Waals surface area contributed by atoms with Gasteiger partial charge in [-0.15, -0.1) is 0 Å². The summed E-state index contributed by atoms with van der Waals surface area (Å²) in [5.41, 5.74) is 6.15. The second-order valence-electron chi connectivity index (χ2n) is 3.85. The predicted octanol–water partition coefficient (Wildman–Crippen LogP) is 1.91. The van der Waals surface area contributed by atoms with Gasteiger partial charge in [-0.3, -0.25) is 4.79 Å². The molecule has 1 aromatic carbocycles. The van der Waals surface area contributed by atoms with E-state index < -0.39 is 17.9 Å². The molecule has 0 spiro atoms. The number of benzene rings is 1. The van der Waals surface area contributed by atoms with Gasteiger partial charge < -0.3 is 20.5 Å². The number of nitrogens with one attached hydrogen (secondary N) is 1. The van der Waals surface area contributed by atoms with Crippen LogP contribution in [0.1, 0.15) is 10.4 Å². The van der Waals surface area contributed by atoms with E-state index in [-0.39, 0.29) is 12.2 Å². The van der Waals surface area contributed by atoms with Crippen molar-refractivity contribution >= 4 is 49.4 Å². The Bertz CT molecular complexity index is 522. The van der Waals surface area contributed by atoms with Crippen LogP contribution in [0.5, 0.6) is 0 Å². The maximum atomic E-state index is 11.9. The summed E-state index contributed by atoms with van der Waals surface area (Å²) in [5, 5.41) is 2.59. The molecule has 3 N–H and O–H groups in total. The Balaban J connectivity index is 3.10. The number of hydrogen-bond acceptors (Lipinski definition) is 5. The number of halogens is 2. The molecule has 1 amide bonds. The first-order valence-electron chi connectivity index (χ1n) is 5.53. The molecule has 0 aliphatic heterocycles. The number of nitrogens with two attached hydrogens (primary N) is 1. The topological polar surface area (TPSA) is 90.6 Å². The van der Waals surface area contributed by atoms with E-state index in [1.165, 1.54) is 14.2 Å². The normalized spacial score (nSPS) is 11.8. The molecule has 1 atom stereocenters. The molecule has 0 aliphatic carbocycles. The molecule has 0 radical (unpaired) electrons. The number of esters is 1. The van der Waals surface area contributed by atoms with Crippen LogP contribution >= 0.6 is 31.9 Å². The summed E-state index contributed by atoms with van der Waals surface area (Å²) in [6, 6.07) is 2.42. The predicted molar refractivity (Wildman–Crippen MR) is 81.7 cm³/mol. The summed E-state index contributed by atoms with van der Waals surface area (Å²) in [6.07, 6.45) is 0. The molecule has 0 aliphatic rings. The van der Waals surface area contributed by atoms with Crippen LogP contribution in [0.2, 0.25) is 0 Å². The van der Waals surface area contributed by atoms with Crippen molar-refractivity contribution in [1.29, 1.82) is 0 Å². The van der Waals surface area contributed by atoms with Crippen LogP contribution < -0.4 is 11.1 Å². The van der Waals surface area contributed by atoms with Gasteiger partial charge in [0.25, 0.3) is 0 Å². The molecule has 0 saturated heterocycles. The number of carbonyl (C=O) groups excluding carboxylic acids is 2. The summed E-state index contributed by atoms with van der Waals surface area (Å²) in [5.74, 6) is -1.03. The fraction of sp³-hybridized carbons (Fsp3) is 0.333. The third kappa shape index (κ3) is 4.27. The summed E-state index contributed by atoms with van der Waals surface area (Å²) in [7, 11) is 2.71. The van der Waals surface area contributed by atoms with Crippen LogP contribution in [-0.4, -0.2) is 38.7 Å². The molecule has 20 heavy (non-hydrogen) atoms. The monoisotopic (exact) mass is 408 g/mol. The number of carbonyl (C=O) groups is 2. The van der Waals surface area contributed by atoms with E-state index in [1.807, 2.05) is 0 Å². The van der Waals surface area contributed by atoms with Crippen molar-refractivity contribution < 1.29 is 19.1 Å². The zero-order valence-electron chi connectivity index (χ0n) is 10.9. The molecule has 6 nitrogen and oxygen atoms in total. The average molecular weight is 410 g/mol. The lowest BCUT2D eigenvalue weighted by molar-refractivity contribution is -0.118. The van der Waals surface area contributed by atoms with Crippen LogP contribution in [-0.2, 0) is 14.3 Å². The van der Waals surface area contributed by atoms with Gasteiger partial charge in [-0.1, -0.05) is 15.9 Å². The summed E-state index contributed by atoms with van der Waals surface area (Å²) in [4.78, 5) is 23.6. The smallest absolute Gasteiger partial charge is 0.340 e. The molecule has 0 bridgehead atoms. The van der Waals surface area contributed by atoms with Crippen molar-refractivity contribution in [2.45, 2.75) is 6.04 Å². The van der Waals surface area contributed by atoms with E-state index in [9.17, 15) is 9.59 Å². The van der Waals surface area contributed by atoms with Crippen molar-refractivity contribution in [2.24, 2.45) is 5.73 Å². The molecule has 0 saturated carbocycles. The fourth-order valence-electron chi connectivity index (χ4n) is 1.44.